The number of hydrogen-bond acceptors (Lipinski definition) is 2. The SMILES string of the molecule is O=C(O)C1=CC=C(C(F)(F)F)CC=N1. The van der Waals surface area contributed by atoms with E-state index in [1.807, 2.05) is 0 Å². The molecule has 0 saturated carbocycles. The molecule has 0 radical (unpaired) electrons. The van der Waals surface area contributed by atoms with E-state index in [1.54, 1.807) is 0 Å². The van der Waals surface area contributed by atoms with Crippen molar-refractivity contribution in [1.82, 2.24) is 0 Å². The van der Waals surface area contributed by atoms with Crippen molar-refractivity contribution in [2.45, 2.75) is 12.6 Å². The van der Waals surface area contributed by atoms with Gasteiger partial charge in [-0.05, 0) is 6.08 Å². The monoisotopic (exact) mass is 205 g/mol. The summed E-state index contributed by atoms with van der Waals surface area (Å²) in [5.74, 6) is -1.35. The summed E-state index contributed by atoms with van der Waals surface area (Å²) in [7, 11) is 0. The first-order chi connectivity index (χ1) is 6.41. The summed E-state index contributed by atoms with van der Waals surface area (Å²) in [4.78, 5) is 13.7. The number of carbonyl (C=O) groups is 1. The second kappa shape index (κ2) is 3.65. The maximum absolute atomic E-state index is 12.1. The minimum Gasteiger partial charge on any atom is -0.477 e. The number of carboxylic acids is 1. The average Bonchev–Trinajstić information content (AvgIpc) is 2.26. The van der Waals surface area contributed by atoms with Crippen LogP contribution in [0.1, 0.15) is 6.42 Å². The predicted octanol–water partition coefficient (Wildman–Crippen LogP) is 1.92. The number of halogens is 3. The molecule has 1 aliphatic heterocycles. The van der Waals surface area contributed by atoms with Crippen molar-refractivity contribution in [1.29, 1.82) is 0 Å². The summed E-state index contributed by atoms with van der Waals surface area (Å²) < 4.78 is 36.4. The van der Waals surface area contributed by atoms with E-state index in [-0.39, 0.29) is 0 Å². The lowest BCUT2D eigenvalue weighted by molar-refractivity contribution is -0.132. The Labute approximate surface area is 77.3 Å². The standard InChI is InChI=1S/C8H6F3NO2/c9-8(10,11)5-1-2-6(7(13)14)12-4-3-5/h1-2,4H,3H2,(H,13,14). The van der Waals surface area contributed by atoms with Crippen molar-refractivity contribution in [3.05, 3.63) is 23.4 Å². The lowest BCUT2D eigenvalue weighted by Crippen LogP contribution is -2.11. The van der Waals surface area contributed by atoms with Crippen LogP contribution in [0.25, 0.3) is 0 Å². The van der Waals surface area contributed by atoms with Crippen LogP contribution in [0.2, 0.25) is 0 Å². The van der Waals surface area contributed by atoms with Gasteiger partial charge in [-0.3, -0.25) is 4.99 Å². The number of nitrogens with zero attached hydrogens (tertiary/aromatic N) is 1. The molecule has 0 fully saturated rings. The Bertz CT molecular complexity index is 339. The van der Waals surface area contributed by atoms with E-state index < -0.39 is 29.8 Å². The Balaban J connectivity index is 2.97. The van der Waals surface area contributed by atoms with Crippen LogP contribution in [-0.2, 0) is 4.79 Å². The highest BCUT2D eigenvalue weighted by atomic mass is 19.4. The van der Waals surface area contributed by atoms with Gasteiger partial charge in [0, 0.05) is 18.2 Å². The molecule has 1 aliphatic rings. The van der Waals surface area contributed by atoms with Crippen molar-refractivity contribution < 1.29 is 23.1 Å². The van der Waals surface area contributed by atoms with Crippen LogP contribution in [-0.4, -0.2) is 23.5 Å². The molecular formula is C8H6F3NO2. The molecule has 0 aliphatic carbocycles. The van der Waals surface area contributed by atoms with E-state index in [2.05, 4.69) is 4.99 Å². The molecule has 0 aromatic rings. The van der Waals surface area contributed by atoms with Gasteiger partial charge in [0.1, 0.15) is 5.70 Å². The topological polar surface area (TPSA) is 49.7 Å². The number of allylic oxidation sites excluding steroid dienone is 3. The van der Waals surface area contributed by atoms with Gasteiger partial charge in [-0.1, -0.05) is 6.08 Å². The van der Waals surface area contributed by atoms with Gasteiger partial charge in [-0.2, -0.15) is 13.2 Å². The van der Waals surface area contributed by atoms with E-state index in [4.69, 9.17) is 5.11 Å². The zero-order valence-electron chi connectivity index (χ0n) is 6.88. The number of hydrogen-bond donors (Lipinski definition) is 1. The summed E-state index contributed by atoms with van der Waals surface area (Å²) in [6, 6.07) is 0. The quantitative estimate of drug-likeness (QED) is 0.710. The zero-order chi connectivity index (χ0) is 10.8. The number of aliphatic imine (C=N–C) groups is 1. The number of alkyl halides is 3. The van der Waals surface area contributed by atoms with E-state index in [1.165, 1.54) is 0 Å². The predicted molar refractivity (Wildman–Crippen MR) is 43.0 cm³/mol. The van der Waals surface area contributed by atoms with Crippen LogP contribution in [0, 0.1) is 0 Å². The lowest BCUT2D eigenvalue weighted by atomic mass is 10.2. The smallest absolute Gasteiger partial charge is 0.413 e. The largest absolute Gasteiger partial charge is 0.477 e. The first-order valence-corrected chi connectivity index (χ1v) is 3.65. The third-order valence-corrected chi connectivity index (χ3v) is 1.57. The van der Waals surface area contributed by atoms with Crippen molar-refractivity contribution in [3.63, 3.8) is 0 Å². The highest BCUT2D eigenvalue weighted by Gasteiger charge is 2.32. The van der Waals surface area contributed by atoms with Gasteiger partial charge in [-0.25, -0.2) is 4.79 Å². The van der Waals surface area contributed by atoms with Crippen molar-refractivity contribution in [2.24, 2.45) is 4.99 Å². The van der Waals surface area contributed by atoms with Crippen LogP contribution in [0.5, 0.6) is 0 Å². The third kappa shape index (κ3) is 2.45. The van der Waals surface area contributed by atoms with Crippen LogP contribution < -0.4 is 0 Å². The average molecular weight is 205 g/mol. The first-order valence-electron chi connectivity index (χ1n) is 3.65. The lowest BCUT2D eigenvalue weighted by Gasteiger charge is -2.06. The Hall–Kier alpha value is -1.59. The van der Waals surface area contributed by atoms with Gasteiger partial charge in [0.15, 0.2) is 0 Å². The van der Waals surface area contributed by atoms with Gasteiger partial charge in [-0.15, -0.1) is 0 Å². The molecule has 0 aromatic carbocycles. The summed E-state index contributed by atoms with van der Waals surface area (Å²) in [6.07, 6.45) is -2.33. The normalized spacial score (nSPS) is 17.1. The molecule has 6 heteroatoms. The van der Waals surface area contributed by atoms with Crippen LogP contribution in [0.3, 0.4) is 0 Å². The molecule has 3 nitrogen and oxygen atoms in total. The minimum absolute atomic E-state index is 0.399. The Morgan fingerprint density at radius 2 is 2.07 bits per heavy atom. The number of carboxylic acid groups (broad SMARTS) is 1. The fourth-order valence-electron chi connectivity index (χ4n) is 0.870. The molecule has 0 spiro atoms. The van der Waals surface area contributed by atoms with Gasteiger partial charge in [0.05, 0.1) is 0 Å². The van der Waals surface area contributed by atoms with Gasteiger partial charge < -0.3 is 5.11 Å². The maximum Gasteiger partial charge on any atom is 0.413 e. The molecule has 0 aromatic heterocycles. The molecule has 14 heavy (non-hydrogen) atoms. The van der Waals surface area contributed by atoms with Gasteiger partial charge in [0.25, 0.3) is 0 Å². The van der Waals surface area contributed by atoms with E-state index in [9.17, 15) is 18.0 Å². The van der Waals surface area contributed by atoms with Crippen molar-refractivity contribution in [2.75, 3.05) is 0 Å². The summed E-state index contributed by atoms with van der Waals surface area (Å²) in [5, 5.41) is 8.46. The van der Waals surface area contributed by atoms with E-state index >= 15 is 0 Å². The van der Waals surface area contributed by atoms with Crippen LogP contribution >= 0.6 is 0 Å². The molecular weight excluding hydrogens is 199 g/mol. The zero-order valence-corrected chi connectivity index (χ0v) is 6.88. The molecule has 1 heterocycles. The molecule has 0 saturated heterocycles. The highest BCUT2D eigenvalue weighted by molar-refractivity contribution is 5.89. The molecule has 0 atom stereocenters. The molecule has 1 rings (SSSR count). The Kier molecular flexibility index (Phi) is 2.73. The molecule has 0 bridgehead atoms. The second-order valence-electron chi connectivity index (χ2n) is 2.56. The van der Waals surface area contributed by atoms with Gasteiger partial charge in [0.2, 0.25) is 0 Å². The molecule has 1 N–H and O–H groups in total. The number of aliphatic carboxylic acids is 1. The minimum atomic E-state index is -4.43. The second-order valence-corrected chi connectivity index (χ2v) is 2.56. The fraction of sp³-hybridized carbons (Fsp3) is 0.250. The molecule has 76 valence electrons. The maximum atomic E-state index is 12.1. The van der Waals surface area contributed by atoms with Crippen molar-refractivity contribution >= 4 is 12.2 Å². The fourth-order valence-corrected chi connectivity index (χ4v) is 0.870. The Morgan fingerprint density at radius 1 is 1.43 bits per heavy atom. The van der Waals surface area contributed by atoms with E-state index in [0.717, 1.165) is 18.4 Å². The highest BCUT2D eigenvalue weighted by Crippen LogP contribution is 2.28. The molecule has 0 unspecified atom stereocenters. The van der Waals surface area contributed by atoms with Crippen molar-refractivity contribution in [3.8, 4) is 0 Å². The third-order valence-electron chi connectivity index (χ3n) is 1.57. The van der Waals surface area contributed by atoms with Gasteiger partial charge >= 0.3 is 12.1 Å². The first kappa shape index (κ1) is 10.5. The summed E-state index contributed by atoms with van der Waals surface area (Å²) in [6.45, 7) is 0. The summed E-state index contributed by atoms with van der Waals surface area (Å²) >= 11 is 0. The number of rotatable bonds is 1. The molecule has 0 amide bonds. The van der Waals surface area contributed by atoms with E-state index in [0.29, 0.717) is 0 Å². The summed E-state index contributed by atoms with van der Waals surface area (Å²) in [5.41, 5.74) is -1.21. The Morgan fingerprint density at radius 3 is 2.57 bits per heavy atom. The van der Waals surface area contributed by atoms with Crippen LogP contribution in [0.15, 0.2) is 28.4 Å². The van der Waals surface area contributed by atoms with Crippen LogP contribution in [0.4, 0.5) is 13.2 Å².